The van der Waals surface area contributed by atoms with Crippen LogP contribution in [0.2, 0.25) is 0 Å². The summed E-state index contributed by atoms with van der Waals surface area (Å²) in [4.78, 5) is 32.0. The van der Waals surface area contributed by atoms with E-state index in [1.807, 2.05) is 6.92 Å². The van der Waals surface area contributed by atoms with Gasteiger partial charge < -0.3 is 15.2 Å². The van der Waals surface area contributed by atoms with Gasteiger partial charge in [-0.1, -0.05) is 6.92 Å². The van der Waals surface area contributed by atoms with Crippen LogP contribution in [0.3, 0.4) is 0 Å². The molecular weight excluding hydrogens is 220 g/mol. The van der Waals surface area contributed by atoms with Crippen molar-refractivity contribution in [2.75, 3.05) is 26.2 Å². The second-order valence-electron chi connectivity index (χ2n) is 3.97. The molecule has 2 rings (SSSR count). The van der Waals surface area contributed by atoms with Crippen LogP contribution in [-0.2, 0) is 6.42 Å². The lowest BCUT2D eigenvalue weighted by atomic mass is 10.3. The van der Waals surface area contributed by atoms with Gasteiger partial charge >= 0.3 is 0 Å². The highest BCUT2D eigenvalue weighted by molar-refractivity contribution is 5.92. The summed E-state index contributed by atoms with van der Waals surface area (Å²) in [5.74, 6) is 0.392. The first kappa shape index (κ1) is 11.8. The Labute approximate surface area is 99.1 Å². The Bertz CT molecular complexity index is 463. The van der Waals surface area contributed by atoms with E-state index in [2.05, 4.69) is 15.3 Å². The maximum absolute atomic E-state index is 12.1. The minimum atomic E-state index is -0.268. The van der Waals surface area contributed by atoms with Crippen molar-refractivity contribution in [1.29, 1.82) is 0 Å². The van der Waals surface area contributed by atoms with Gasteiger partial charge in [0, 0.05) is 38.7 Å². The van der Waals surface area contributed by atoms with Crippen LogP contribution in [0, 0.1) is 0 Å². The van der Waals surface area contributed by atoms with Crippen LogP contribution in [-0.4, -0.2) is 47.0 Å². The van der Waals surface area contributed by atoms with Crippen molar-refractivity contribution >= 4 is 5.91 Å². The molecule has 1 saturated heterocycles. The molecule has 0 radical (unpaired) electrons. The number of hydrogen-bond donors (Lipinski definition) is 2. The Morgan fingerprint density at radius 3 is 2.82 bits per heavy atom. The van der Waals surface area contributed by atoms with Crippen molar-refractivity contribution in [2.24, 2.45) is 0 Å². The van der Waals surface area contributed by atoms with E-state index in [4.69, 9.17) is 0 Å². The highest BCUT2D eigenvalue weighted by Gasteiger charge is 2.19. The molecule has 1 aromatic rings. The minimum absolute atomic E-state index is 0.160. The fraction of sp³-hybridized carbons (Fsp3) is 0.545. The van der Waals surface area contributed by atoms with Crippen molar-refractivity contribution in [3.05, 3.63) is 27.9 Å². The topological polar surface area (TPSA) is 78.1 Å². The van der Waals surface area contributed by atoms with Gasteiger partial charge in [0.25, 0.3) is 11.5 Å². The normalized spacial score (nSPS) is 15.9. The largest absolute Gasteiger partial charge is 0.335 e. The fourth-order valence-corrected chi connectivity index (χ4v) is 1.82. The average Bonchev–Trinajstić information content (AvgIpc) is 2.38. The molecule has 1 aliphatic heterocycles. The van der Waals surface area contributed by atoms with Gasteiger partial charge in [0.15, 0.2) is 0 Å². The molecule has 92 valence electrons. The number of aromatic nitrogens is 2. The molecule has 0 aliphatic carbocycles. The Morgan fingerprint density at radius 1 is 1.47 bits per heavy atom. The van der Waals surface area contributed by atoms with Crippen LogP contribution in [0.5, 0.6) is 0 Å². The second kappa shape index (κ2) is 5.09. The van der Waals surface area contributed by atoms with Crippen LogP contribution in [0.15, 0.2) is 10.9 Å². The standard InChI is InChI=1S/C11H16N4O2/c1-2-9-13-8(7-10(16)14-9)11(17)15-5-3-12-4-6-15/h7,12H,2-6H2,1H3,(H,13,14,16). The number of aryl methyl sites for hydroxylation is 1. The summed E-state index contributed by atoms with van der Waals surface area (Å²) < 4.78 is 0. The molecule has 1 fully saturated rings. The fourth-order valence-electron chi connectivity index (χ4n) is 1.82. The lowest BCUT2D eigenvalue weighted by Crippen LogP contribution is -2.46. The van der Waals surface area contributed by atoms with E-state index in [1.165, 1.54) is 6.07 Å². The van der Waals surface area contributed by atoms with Crippen molar-refractivity contribution in [1.82, 2.24) is 20.2 Å². The van der Waals surface area contributed by atoms with Crippen LogP contribution in [0.1, 0.15) is 23.2 Å². The molecule has 1 amide bonds. The molecule has 6 heteroatoms. The second-order valence-corrected chi connectivity index (χ2v) is 3.97. The number of carbonyl (C=O) groups excluding carboxylic acids is 1. The summed E-state index contributed by atoms with van der Waals surface area (Å²) >= 11 is 0. The lowest BCUT2D eigenvalue weighted by Gasteiger charge is -2.27. The molecule has 6 nitrogen and oxygen atoms in total. The van der Waals surface area contributed by atoms with Gasteiger partial charge in [0.1, 0.15) is 11.5 Å². The summed E-state index contributed by atoms with van der Waals surface area (Å²) in [5.41, 5.74) is -0.0252. The number of piperazine rings is 1. The van der Waals surface area contributed by atoms with Crippen molar-refractivity contribution < 1.29 is 4.79 Å². The van der Waals surface area contributed by atoms with Gasteiger partial charge in [-0.3, -0.25) is 9.59 Å². The molecule has 2 heterocycles. The quantitative estimate of drug-likeness (QED) is 0.717. The van der Waals surface area contributed by atoms with Crippen LogP contribution >= 0.6 is 0 Å². The maximum atomic E-state index is 12.1. The lowest BCUT2D eigenvalue weighted by molar-refractivity contribution is 0.0729. The molecule has 17 heavy (non-hydrogen) atoms. The van der Waals surface area contributed by atoms with Crippen LogP contribution in [0.25, 0.3) is 0 Å². The van der Waals surface area contributed by atoms with E-state index in [0.29, 0.717) is 25.3 Å². The van der Waals surface area contributed by atoms with Gasteiger partial charge in [-0.25, -0.2) is 4.98 Å². The van der Waals surface area contributed by atoms with E-state index >= 15 is 0 Å². The van der Waals surface area contributed by atoms with Crippen molar-refractivity contribution in [3.63, 3.8) is 0 Å². The smallest absolute Gasteiger partial charge is 0.272 e. The summed E-state index contributed by atoms with van der Waals surface area (Å²) in [5, 5.41) is 3.17. The molecule has 0 unspecified atom stereocenters. The highest BCUT2D eigenvalue weighted by Crippen LogP contribution is 2.02. The third-order valence-electron chi connectivity index (χ3n) is 2.75. The third kappa shape index (κ3) is 2.71. The number of H-pyrrole nitrogens is 1. The Hall–Kier alpha value is -1.69. The number of hydrogen-bond acceptors (Lipinski definition) is 4. The molecular formula is C11H16N4O2. The Kier molecular flexibility index (Phi) is 3.53. The monoisotopic (exact) mass is 236 g/mol. The predicted octanol–water partition coefficient (Wildman–Crippen LogP) is -0.622. The molecule has 0 aromatic carbocycles. The van der Waals surface area contributed by atoms with Crippen LogP contribution < -0.4 is 10.9 Å². The Balaban J connectivity index is 2.23. The SMILES string of the molecule is CCc1nc(C(=O)N2CCNCC2)cc(=O)[nH]1. The first-order valence-corrected chi connectivity index (χ1v) is 5.81. The summed E-state index contributed by atoms with van der Waals surface area (Å²) in [6.45, 7) is 4.78. The molecule has 1 aromatic heterocycles. The van der Waals surface area contributed by atoms with Gasteiger partial charge in [0.2, 0.25) is 0 Å². The maximum Gasteiger partial charge on any atom is 0.272 e. The number of nitrogens with one attached hydrogen (secondary N) is 2. The molecule has 0 spiro atoms. The zero-order chi connectivity index (χ0) is 12.3. The van der Waals surface area contributed by atoms with E-state index in [9.17, 15) is 9.59 Å². The van der Waals surface area contributed by atoms with Crippen molar-refractivity contribution in [2.45, 2.75) is 13.3 Å². The van der Waals surface area contributed by atoms with Gasteiger partial charge in [0.05, 0.1) is 0 Å². The van der Waals surface area contributed by atoms with E-state index in [0.717, 1.165) is 13.1 Å². The molecule has 0 atom stereocenters. The zero-order valence-corrected chi connectivity index (χ0v) is 9.82. The Morgan fingerprint density at radius 2 is 2.18 bits per heavy atom. The van der Waals surface area contributed by atoms with E-state index < -0.39 is 0 Å². The van der Waals surface area contributed by atoms with Crippen LogP contribution in [0.4, 0.5) is 0 Å². The molecule has 1 aliphatic rings. The van der Waals surface area contributed by atoms with Gasteiger partial charge in [-0.05, 0) is 0 Å². The highest BCUT2D eigenvalue weighted by atomic mass is 16.2. The van der Waals surface area contributed by atoms with Crippen molar-refractivity contribution in [3.8, 4) is 0 Å². The van der Waals surface area contributed by atoms with Gasteiger partial charge in [-0.2, -0.15) is 0 Å². The first-order chi connectivity index (χ1) is 8.20. The summed E-state index contributed by atoms with van der Waals surface area (Å²) in [6.07, 6.45) is 0.609. The number of amides is 1. The minimum Gasteiger partial charge on any atom is -0.335 e. The number of rotatable bonds is 2. The molecule has 0 bridgehead atoms. The third-order valence-corrected chi connectivity index (χ3v) is 2.75. The first-order valence-electron chi connectivity index (χ1n) is 5.81. The van der Waals surface area contributed by atoms with E-state index in [1.54, 1.807) is 4.90 Å². The average molecular weight is 236 g/mol. The predicted molar refractivity (Wildman–Crippen MR) is 63.0 cm³/mol. The number of carbonyl (C=O) groups is 1. The molecule has 2 N–H and O–H groups in total. The van der Waals surface area contributed by atoms with E-state index in [-0.39, 0.29) is 17.2 Å². The number of aromatic amines is 1. The van der Waals surface area contributed by atoms with Gasteiger partial charge in [-0.15, -0.1) is 0 Å². The zero-order valence-electron chi connectivity index (χ0n) is 9.82. The molecule has 0 saturated carbocycles. The summed E-state index contributed by atoms with van der Waals surface area (Å²) in [6, 6.07) is 1.27. The number of nitrogens with zero attached hydrogens (tertiary/aromatic N) is 2. The summed E-state index contributed by atoms with van der Waals surface area (Å²) in [7, 11) is 0.